The standard InChI is InChI=1S/C18H21N3O2/c22-13-14-8-11-21(12-9-14)17-7-2-1-5-15(17)20-18(23)16-6-3-4-10-19-16/h1-7,10,14,22H,8-9,11-13H2,(H,20,23). The predicted molar refractivity (Wildman–Crippen MR) is 90.7 cm³/mol. The summed E-state index contributed by atoms with van der Waals surface area (Å²) in [5, 5.41) is 12.2. The zero-order chi connectivity index (χ0) is 16.1. The predicted octanol–water partition coefficient (Wildman–Crippen LogP) is 2.54. The molecule has 2 N–H and O–H groups in total. The van der Waals surface area contributed by atoms with Gasteiger partial charge in [0.05, 0.1) is 11.4 Å². The molecule has 0 spiro atoms. The maximum atomic E-state index is 12.3. The van der Waals surface area contributed by atoms with E-state index >= 15 is 0 Å². The van der Waals surface area contributed by atoms with Gasteiger partial charge in [-0.3, -0.25) is 9.78 Å². The van der Waals surface area contributed by atoms with Crippen molar-refractivity contribution in [2.45, 2.75) is 12.8 Å². The second kappa shape index (κ2) is 7.24. The summed E-state index contributed by atoms with van der Waals surface area (Å²) in [5.74, 6) is 0.185. The van der Waals surface area contributed by atoms with Gasteiger partial charge in [0, 0.05) is 25.9 Å². The number of nitrogens with zero attached hydrogens (tertiary/aromatic N) is 2. The van der Waals surface area contributed by atoms with Crippen molar-refractivity contribution in [3.8, 4) is 0 Å². The quantitative estimate of drug-likeness (QED) is 0.911. The van der Waals surface area contributed by atoms with Gasteiger partial charge < -0.3 is 15.3 Å². The molecule has 5 heteroatoms. The van der Waals surface area contributed by atoms with Crippen LogP contribution in [0.2, 0.25) is 0 Å². The average molecular weight is 311 g/mol. The molecule has 0 unspecified atom stereocenters. The number of para-hydroxylation sites is 2. The van der Waals surface area contributed by atoms with Gasteiger partial charge in [0.1, 0.15) is 5.69 Å². The van der Waals surface area contributed by atoms with Crippen LogP contribution in [0.1, 0.15) is 23.3 Å². The number of benzene rings is 1. The normalized spacial score (nSPS) is 15.4. The number of carbonyl (C=O) groups is 1. The minimum atomic E-state index is -0.205. The molecule has 1 aromatic heterocycles. The van der Waals surface area contributed by atoms with E-state index in [-0.39, 0.29) is 12.5 Å². The maximum Gasteiger partial charge on any atom is 0.274 e. The number of hydrogen-bond donors (Lipinski definition) is 2. The molecular weight excluding hydrogens is 290 g/mol. The molecule has 2 heterocycles. The molecule has 0 atom stereocenters. The molecule has 1 fully saturated rings. The molecule has 2 aromatic rings. The number of aliphatic hydroxyl groups is 1. The Labute approximate surface area is 136 Å². The molecule has 5 nitrogen and oxygen atoms in total. The third-order valence-corrected chi connectivity index (χ3v) is 4.26. The molecule has 1 saturated heterocycles. The number of aliphatic hydroxyl groups excluding tert-OH is 1. The Morgan fingerprint density at radius 1 is 1.17 bits per heavy atom. The Hall–Kier alpha value is -2.40. The number of pyridine rings is 1. The van der Waals surface area contributed by atoms with Crippen molar-refractivity contribution >= 4 is 17.3 Å². The molecule has 120 valence electrons. The highest BCUT2D eigenvalue weighted by Gasteiger charge is 2.21. The number of hydrogen-bond acceptors (Lipinski definition) is 4. The van der Waals surface area contributed by atoms with E-state index in [1.807, 2.05) is 24.3 Å². The van der Waals surface area contributed by atoms with Gasteiger partial charge in [-0.05, 0) is 43.0 Å². The number of carbonyl (C=O) groups excluding carboxylic acids is 1. The molecule has 0 saturated carbocycles. The van der Waals surface area contributed by atoms with Crippen molar-refractivity contribution in [1.29, 1.82) is 0 Å². The van der Waals surface area contributed by atoms with E-state index in [9.17, 15) is 9.90 Å². The number of rotatable bonds is 4. The van der Waals surface area contributed by atoms with Gasteiger partial charge in [0.2, 0.25) is 0 Å². The zero-order valence-electron chi connectivity index (χ0n) is 13.0. The zero-order valence-corrected chi connectivity index (χ0v) is 13.0. The summed E-state index contributed by atoms with van der Waals surface area (Å²) in [6.45, 7) is 2.04. The molecule has 1 amide bonds. The van der Waals surface area contributed by atoms with Crippen molar-refractivity contribution in [2.75, 3.05) is 29.9 Å². The first-order valence-electron chi connectivity index (χ1n) is 7.95. The first kappa shape index (κ1) is 15.5. The molecule has 3 rings (SSSR count). The van der Waals surface area contributed by atoms with E-state index in [4.69, 9.17) is 0 Å². The summed E-state index contributed by atoms with van der Waals surface area (Å²) in [6, 6.07) is 13.1. The van der Waals surface area contributed by atoms with Crippen LogP contribution in [0.3, 0.4) is 0 Å². The van der Waals surface area contributed by atoms with Crippen molar-refractivity contribution in [2.24, 2.45) is 5.92 Å². The van der Waals surface area contributed by atoms with E-state index < -0.39 is 0 Å². The van der Waals surface area contributed by atoms with Gasteiger partial charge in [-0.25, -0.2) is 0 Å². The SMILES string of the molecule is O=C(Nc1ccccc1N1CCC(CO)CC1)c1ccccn1. The fourth-order valence-electron chi connectivity index (χ4n) is 2.89. The Kier molecular flexibility index (Phi) is 4.88. The molecular formula is C18H21N3O2. The monoisotopic (exact) mass is 311 g/mol. The summed E-state index contributed by atoms with van der Waals surface area (Å²) < 4.78 is 0. The first-order valence-corrected chi connectivity index (χ1v) is 7.95. The highest BCUT2D eigenvalue weighted by atomic mass is 16.3. The lowest BCUT2D eigenvalue weighted by molar-refractivity contribution is 0.102. The second-order valence-electron chi connectivity index (χ2n) is 5.80. The average Bonchev–Trinajstić information content (AvgIpc) is 2.63. The summed E-state index contributed by atoms with van der Waals surface area (Å²) >= 11 is 0. The van der Waals surface area contributed by atoms with Crippen molar-refractivity contribution in [3.05, 3.63) is 54.4 Å². The molecule has 0 radical (unpaired) electrons. The molecule has 0 aliphatic carbocycles. The van der Waals surface area contributed by atoms with Crippen LogP contribution >= 0.6 is 0 Å². The number of amides is 1. The molecule has 0 bridgehead atoms. The first-order chi connectivity index (χ1) is 11.3. The van der Waals surface area contributed by atoms with E-state index in [0.29, 0.717) is 11.6 Å². The molecule has 23 heavy (non-hydrogen) atoms. The minimum absolute atomic E-state index is 0.205. The van der Waals surface area contributed by atoms with Gasteiger partial charge in [0.25, 0.3) is 5.91 Å². The van der Waals surface area contributed by atoms with Crippen LogP contribution in [0.15, 0.2) is 48.7 Å². The van der Waals surface area contributed by atoms with Crippen LogP contribution in [0.5, 0.6) is 0 Å². The van der Waals surface area contributed by atoms with E-state index in [0.717, 1.165) is 37.3 Å². The van der Waals surface area contributed by atoms with Crippen molar-refractivity contribution < 1.29 is 9.90 Å². The minimum Gasteiger partial charge on any atom is -0.396 e. The Balaban J connectivity index is 1.75. The van der Waals surface area contributed by atoms with Crippen LogP contribution < -0.4 is 10.2 Å². The highest BCUT2D eigenvalue weighted by Crippen LogP contribution is 2.29. The number of anilines is 2. The van der Waals surface area contributed by atoms with Gasteiger partial charge >= 0.3 is 0 Å². The number of piperidine rings is 1. The summed E-state index contributed by atoms with van der Waals surface area (Å²) in [4.78, 5) is 18.7. The van der Waals surface area contributed by atoms with Gasteiger partial charge in [-0.15, -0.1) is 0 Å². The van der Waals surface area contributed by atoms with Crippen LogP contribution in [0.4, 0.5) is 11.4 Å². The molecule has 1 aliphatic rings. The lowest BCUT2D eigenvalue weighted by Gasteiger charge is -2.34. The van der Waals surface area contributed by atoms with Gasteiger partial charge in [0.15, 0.2) is 0 Å². The van der Waals surface area contributed by atoms with Crippen LogP contribution in [-0.4, -0.2) is 35.7 Å². The lowest BCUT2D eigenvalue weighted by atomic mass is 9.97. The van der Waals surface area contributed by atoms with E-state index in [2.05, 4.69) is 15.2 Å². The second-order valence-corrected chi connectivity index (χ2v) is 5.80. The number of nitrogens with one attached hydrogen (secondary N) is 1. The smallest absolute Gasteiger partial charge is 0.274 e. The Morgan fingerprint density at radius 2 is 1.91 bits per heavy atom. The van der Waals surface area contributed by atoms with Crippen LogP contribution in [0.25, 0.3) is 0 Å². The van der Waals surface area contributed by atoms with Gasteiger partial charge in [-0.2, -0.15) is 0 Å². The molecule has 1 aliphatic heterocycles. The summed E-state index contributed by atoms with van der Waals surface area (Å²) in [6.07, 6.45) is 3.55. The van der Waals surface area contributed by atoms with Gasteiger partial charge in [-0.1, -0.05) is 18.2 Å². The topological polar surface area (TPSA) is 65.5 Å². The van der Waals surface area contributed by atoms with E-state index in [1.165, 1.54) is 0 Å². The van der Waals surface area contributed by atoms with E-state index in [1.54, 1.807) is 24.4 Å². The Bertz CT molecular complexity index is 652. The maximum absolute atomic E-state index is 12.3. The summed E-state index contributed by atoms with van der Waals surface area (Å²) in [5.41, 5.74) is 2.22. The van der Waals surface area contributed by atoms with Crippen LogP contribution in [-0.2, 0) is 0 Å². The van der Waals surface area contributed by atoms with Crippen molar-refractivity contribution in [3.63, 3.8) is 0 Å². The molecule has 1 aromatic carbocycles. The third-order valence-electron chi connectivity index (χ3n) is 4.26. The van der Waals surface area contributed by atoms with Crippen LogP contribution in [0, 0.1) is 5.92 Å². The lowest BCUT2D eigenvalue weighted by Crippen LogP contribution is -2.35. The fraction of sp³-hybridized carbons (Fsp3) is 0.333. The van der Waals surface area contributed by atoms with Crippen molar-refractivity contribution in [1.82, 2.24) is 4.98 Å². The largest absolute Gasteiger partial charge is 0.396 e. The highest BCUT2D eigenvalue weighted by molar-refractivity contribution is 6.04. The number of aromatic nitrogens is 1. The third kappa shape index (κ3) is 3.68. The summed E-state index contributed by atoms with van der Waals surface area (Å²) in [7, 11) is 0. The Morgan fingerprint density at radius 3 is 2.61 bits per heavy atom. The fourth-order valence-corrected chi connectivity index (χ4v) is 2.89.